The molecule has 0 saturated heterocycles. The number of para-hydroxylation sites is 1. The van der Waals surface area contributed by atoms with Crippen molar-refractivity contribution in [2.24, 2.45) is 0 Å². The molecule has 0 bridgehead atoms. The second-order valence-electron chi connectivity index (χ2n) is 5.04. The van der Waals surface area contributed by atoms with Crippen LogP contribution in [0.1, 0.15) is 28.5 Å². The summed E-state index contributed by atoms with van der Waals surface area (Å²) in [5.41, 5.74) is 2.66. The van der Waals surface area contributed by atoms with Crippen molar-refractivity contribution < 1.29 is 4.74 Å². The van der Waals surface area contributed by atoms with Gasteiger partial charge in [0.2, 0.25) is 0 Å². The van der Waals surface area contributed by atoms with E-state index in [1.165, 1.54) is 22.4 Å². The third kappa shape index (κ3) is 2.85. The zero-order valence-electron chi connectivity index (χ0n) is 11.5. The Balaban J connectivity index is 1.58. The number of methoxy groups -OCH3 is 1. The minimum absolute atomic E-state index is 0.462. The van der Waals surface area contributed by atoms with Crippen LogP contribution in [0.5, 0.6) is 5.75 Å². The monoisotopic (exact) mass is 307 g/mol. The zero-order valence-corrected chi connectivity index (χ0v) is 13.1. The molecular weight excluding hydrogens is 290 g/mol. The number of nitrogens with one attached hydrogen (secondary N) is 1. The number of hydrogen-bond donors (Lipinski definition) is 1. The lowest BCUT2D eigenvalue weighted by molar-refractivity contribution is 0.408. The van der Waals surface area contributed by atoms with Crippen LogP contribution in [0, 0.1) is 0 Å². The summed E-state index contributed by atoms with van der Waals surface area (Å²) < 4.78 is 6.29. The molecule has 106 valence electrons. The molecule has 0 aliphatic heterocycles. The summed E-state index contributed by atoms with van der Waals surface area (Å²) >= 11 is 7.81. The van der Waals surface area contributed by atoms with Crippen LogP contribution in [0.15, 0.2) is 30.3 Å². The van der Waals surface area contributed by atoms with E-state index in [9.17, 15) is 0 Å². The van der Waals surface area contributed by atoms with Gasteiger partial charge in [0.15, 0.2) is 0 Å². The summed E-state index contributed by atoms with van der Waals surface area (Å²) in [5.74, 6) is 0.972. The molecule has 0 amide bonds. The highest BCUT2D eigenvalue weighted by atomic mass is 35.5. The van der Waals surface area contributed by atoms with Crippen molar-refractivity contribution in [2.75, 3.05) is 13.7 Å². The SMILES string of the molecule is COc1ccccc1CCNC1CCc2sc(Cl)cc21. The summed E-state index contributed by atoms with van der Waals surface area (Å²) in [4.78, 5) is 1.45. The summed E-state index contributed by atoms with van der Waals surface area (Å²) in [6, 6.07) is 10.8. The Morgan fingerprint density at radius 2 is 2.25 bits per heavy atom. The quantitative estimate of drug-likeness (QED) is 0.892. The van der Waals surface area contributed by atoms with Crippen LogP contribution in [0.2, 0.25) is 4.34 Å². The molecule has 1 aliphatic carbocycles. The van der Waals surface area contributed by atoms with Crippen molar-refractivity contribution in [3.63, 3.8) is 0 Å². The normalized spacial score (nSPS) is 17.2. The van der Waals surface area contributed by atoms with Crippen LogP contribution in [0.25, 0.3) is 0 Å². The Bertz CT molecular complexity index is 596. The van der Waals surface area contributed by atoms with Gasteiger partial charge in [-0.25, -0.2) is 0 Å². The summed E-state index contributed by atoms with van der Waals surface area (Å²) in [6.07, 6.45) is 3.32. The van der Waals surface area contributed by atoms with E-state index in [-0.39, 0.29) is 0 Å². The molecule has 1 N–H and O–H groups in total. The highest BCUT2D eigenvalue weighted by molar-refractivity contribution is 7.16. The Morgan fingerprint density at radius 3 is 3.10 bits per heavy atom. The van der Waals surface area contributed by atoms with E-state index in [1.54, 1.807) is 18.4 Å². The number of thiophene rings is 1. The van der Waals surface area contributed by atoms with Gasteiger partial charge in [-0.3, -0.25) is 0 Å². The topological polar surface area (TPSA) is 21.3 Å². The smallest absolute Gasteiger partial charge is 0.122 e. The first kappa shape index (κ1) is 13.9. The van der Waals surface area contributed by atoms with Gasteiger partial charge in [0.05, 0.1) is 11.4 Å². The van der Waals surface area contributed by atoms with Crippen molar-refractivity contribution >= 4 is 22.9 Å². The fraction of sp³-hybridized carbons (Fsp3) is 0.375. The fourth-order valence-electron chi connectivity index (χ4n) is 2.83. The molecule has 0 fully saturated rings. The Kier molecular flexibility index (Phi) is 4.29. The minimum Gasteiger partial charge on any atom is -0.496 e. The highest BCUT2D eigenvalue weighted by Gasteiger charge is 2.24. The summed E-state index contributed by atoms with van der Waals surface area (Å²) in [5, 5.41) is 3.64. The molecule has 3 rings (SSSR count). The molecule has 20 heavy (non-hydrogen) atoms. The molecule has 2 nitrogen and oxygen atoms in total. The van der Waals surface area contributed by atoms with E-state index in [0.717, 1.165) is 29.5 Å². The Labute approximate surface area is 128 Å². The van der Waals surface area contributed by atoms with E-state index in [4.69, 9.17) is 16.3 Å². The maximum Gasteiger partial charge on any atom is 0.122 e. The van der Waals surface area contributed by atoms with Gasteiger partial charge in [-0.2, -0.15) is 0 Å². The first-order valence-electron chi connectivity index (χ1n) is 6.91. The fourth-order valence-corrected chi connectivity index (χ4v) is 4.19. The maximum absolute atomic E-state index is 6.09. The second kappa shape index (κ2) is 6.17. The molecule has 0 spiro atoms. The number of ether oxygens (including phenoxy) is 1. The first-order chi connectivity index (χ1) is 9.78. The van der Waals surface area contributed by atoms with Crippen molar-refractivity contribution in [3.05, 3.63) is 50.7 Å². The van der Waals surface area contributed by atoms with E-state index in [1.807, 2.05) is 12.1 Å². The molecule has 1 aromatic heterocycles. The second-order valence-corrected chi connectivity index (χ2v) is 6.80. The van der Waals surface area contributed by atoms with Gasteiger partial charge >= 0.3 is 0 Å². The third-order valence-corrected chi connectivity index (χ3v) is 5.16. The van der Waals surface area contributed by atoms with Crippen molar-refractivity contribution in [1.29, 1.82) is 0 Å². The van der Waals surface area contributed by atoms with Gasteiger partial charge in [-0.15, -0.1) is 11.3 Å². The van der Waals surface area contributed by atoms with E-state index >= 15 is 0 Å². The standard InChI is InChI=1S/C16H18ClNOS/c1-19-14-5-3-2-4-11(14)8-9-18-13-6-7-15-12(13)10-16(17)20-15/h2-5,10,13,18H,6-9H2,1H3. The van der Waals surface area contributed by atoms with Crippen LogP contribution in [-0.2, 0) is 12.8 Å². The first-order valence-corrected chi connectivity index (χ1v) is 8.11. The van der Waals surface area contributed by atoms with Crippen molar-refractivity contribution in [1.82, 2.24) is 5.32 Å². The van der Waals surface area contributed by atoms with Crippen molar-refractivity contribution in [3.8, 4) is 5.75 Å². The minimum atomic E-state index is 0.462. The predicted octanol–water partition coefficient (Wildman–Crippen LogP) is 4.23. The number of halogens is 1. The molecular formula is C16H18ClNOS. The largest absolute Gasteiger partial charge is 0.496 e. The molecule has 1 atom stereocenters. The van der Waals surface area contributed by atoms with E-state index in [0.29, 0.717) is 6.04 Å². The third-order valence-electron chi connectivity index (χ3n) is 3.82. The Morgan fingerprint density at radius 1 is 1.40 bits per heavy atom. The van der Waals surface area contributed by atoms with Crippen LogP contribution in [0.4, 0.5) is 0 Å². The molecule has 4 heteroatoms. The van der Waals surface area contributed by atoms with Crippen LogP contribution in [-0.4, -0.2) is 13.7 Å². The van der Waals surface area contributed by atoms with Crippen LogP contribution in [0.3, 0.4) is 0 Å². The Hall–Kier alpha value is -1.03. The highest BCUT2D eigenvalue weighted by Crippen LogP contribution is 2.39. The molecule has 1 heterocycles. The molecule has 1 aliphatic rings. The van der Waals surface area contributed by atoms with E-state index in [2.05, 4.69) is 23.5 Å². The molecule has 0 saturated carbocycles. The van der Waals surface area contributed by atoms with Gasteiger partial charge in [-0.05, 0) is 49.1 Å². The number of benzene rings is 1. The van der Waals surface area contributed by atoms with Gasteiger partial charge in [0.25, 0.3) is 0 Å². The predicted molar refractivity (Wildman–Crippen MR) is 85.1 cm³/mol. The lowest BCUT2D eigenvalue weighted by Crippen LogP contribution is -2.21. The van der Waals surface area contributed by atoms with Gasteiger partial charge < -0.3 is 10.1 Å². The van der Waals surface area contributed by atoms with Crippen LogP contribution >= 0.6 is 22.9 Å². The van der Waals surface area contributed by atoms with Gasteiger partial charge in [-0.1, -0.05) is 29.8 Å². The van der Waals surface area contributed by atoms with Gasteiger partial charge in [0.1, 0.15) is 5.75 Å². The molecule has 1 unspecified atom stereocenters. The average Bonchev–Trinajstić information content (AvgIpc) is 2.99. The maximum atomic E-state index is 6.09. The number of fused-ring (bicyclic) bond motifs is 1. The summed E-state index contributed by atoms with van der Waals surface area (Å²) in [7, 11) is 1.73. The molecule has 0 radical (unpaired) electrons. The average molecular weight is 308 g/mol. The lowest BCUT2D eigenvalue weighted by atomic mass is 10.1. The molecule has 2 aromatic rings. The van der Waals surface area contributed by atoms with Crippen LogP contribution < -0.4 is 10.1 Å². The molecule has 1 aromatic carbocycles. The zero-order chi connectivity index (χ0) is 13.9. The number of rotatable bonds is 5. The number of aryl methyl sites for hydroxylation is 1. The van der Waals surface area contributed by atoms with Gasteiger partial charge in [0, 0.05) is 10.9 Å². The lowest BCUT2D eigenvalue weighted by Gasteiger charge is -2.14. The summed E-state index contributed by atoms with van der Waals surface area (Å²) in [6.45, 7) is 0.956. The van der Waals surface area contributed by atoms with Crippen molar-refractivity contribution in [2.45, 2.75) is 25.3 Å². The number of hydrogen-bond acceptors (Lipinski definition) is 3. The van der Waals surface area contributed by atoms with E-state index < -0.39 is 0 Å².